The van der Waals surface area contributed by atoms with E-state index in [2.05, 4.69) is 14.8 Å². The Morgan fingerprint density at radius 3 is 2.31 bits per heavy atom. The molecule has 0 saturated carbocycles. The summed E-state index contributed by atoms with van der Waals surface area (Å²) < 4.78 is 0. The van der Waals surface area contributed by atoms with E-state index in [1.807, 2.05) is 6.92 Å². The Bertz CT molecular complexity index is 197. The highest BCUT2D eigenvalue weighted by Crippen LogP contribution is 2.13. The Hall–Kier alpha value is -1.14. The van der Waals surface area contributed by atoms with Crippen LogP contribution in [0.4, 0.5) is 0 Å². The van der Waals surface area contributed by atoms with Gasteiger partial charge in [-0.3, -0.25) is 4.89 Å². The molecule has 76 valence electrons. The lowest BCUT2D eigenvalue weighted by Crippen LogP contribution is -2.25. The molecule has 0 aromatic rings. The molecule has 13 heavy (non-hydrogen) atoms. The lowest BCUT2D eigenvalue weighted by molar-refractivity contribution is -0.515. The van der Waals surface area contributed by atoms with Crippen LogP contribution in [0.15, 0.2) is 0 Å². The van der Waals surface area contributed by atoms with Gasteiger partial charge in [-0.15, -0.1) is 0 Å². The summed E-state index contributed by atoms with van der Waals surface area (Å²) in [7, 11) is 0. The quantitative estimate of drug-likeness (QED) is 0.400. The summed E-state index contributed by atoms with van der Waals surface area (Å²) in [6.07, 6.45) is 0.623. The molecule has 0 aliphatic carbocycles. The van der Waals surface area contributed by atoms with Crippen LogP contribution in [-0.4, -0.2) is 22.6 Å². The third-order valence-electron chi connectivity index (χ3n) is 1.40. The van der Waals surface area contributed by atoms with E-state index in [9.17, 15) is 9.59 Å². The van der Waals surface area contributed by atoms with Gasteiger partial charge < -0.3 is 5.11 Å². The zero-order valence-electron chi connectivity index (χ0n) is 7.70. The van der Waals surface area contributed by atoms with Gasteiger partial charge in [-0.05, 0) is 25.3 Å². The molecule has 0 aromatic carbocycles. The van der Waals surface area contributed by atoms with E-state index in [-0.39, 0.29) is 0 Å². The van der Waals surface area contributed by atoms with Gasteiger partial charge in [0, 0.05) is 0 Å². The summed E-state index contributed by atoms with van der Waals surface area (Å²) in [6, 6.07) is 0. The van der Waals surface area contributed by atoms with Crippen LogP contribution >= 0.6 is 0 Å². The van der Waals surface area contributed by atoms with Gasteiger partial charge in [-0.1, -0.05) is 6.92 Å². The molecule has 0 fully saturated rings. The van der Waals surface area contributed by atoms with Crippen LogP contribution in [0.25, 0.3) is 0 Å². The molecular weight excluding hydrogens is 180 g/mol. The SMILES string of the molecule is CCC(C)(C)OOOC(=O)C(=O)O. The van der Waals surface area contributed by atoms with Crippen LogP contribution in [0.2, 0.25) is 0 Å². The Kier molecular flexibility index (Phi) is 4.36. The lowest BCUT2D eigenvalue weighted by atomic mass is 10.1. The Balaban J connectivity index is 3.68. The first-order chi connectivity index (χ1) is 5.89. The van der Waals surface area contributed by atoms with Crippen molar-refractivity contribution in [3.8, 4) is 0 Å². The van der Waals surface area contributed by atoms with E-state index in [4.69, 9.17) is 5.11 Å². The number of carboxylic acid groups (broad SMARTS) is 1. The van der Waals surface area contributed by atoms with Crippen LogP contribution < -0.4 is 0 Å². The highest BCUT2D eigenvalue weighted by molar-refractivity contribution is 6.28. The molecule has 6 nitrogen and oxygen atoms in total. The fourth-order valence-corrected chi connectivity index (χ4v) is 0.235. The maximum Gasteiger partial charge on any atom is 0.452 e. The van der Waals surface area contributed by atoms with Crippen LogP contribution in [0.1, 0.15) is 27.2 Å². The molecule has 0 rings (SSSR count). The average molecular weight is 192 g/mol. The van der Waals surface area contributed by atoms with E-state index in [0.717, 1.165) is 0 Å². The summed E-state index contributed by atoms with van der Waals surface area (Å²) in [5, 5.41) is 12.0. The first-order valence-corrected chi connectivity index (χ1v) is 3.68. The fraction of sp³-hybridized carbons (Fsp3) is 0.714. The maximum absolute atomic E-state index is 10.3. The van der Waals surface area contributed by atoms with Crippen molar-refractivity contribution in [1.82, 2.24) is 0 Å². The molecule has 0 atom stereocenters. The van der Waals surface area contributed by atoms with E-state index >= 15 is 0 Å². The number of carboxylic acids is 1. The Morgan fingerprint density at radius 1 is 1.38 bits per heavy atom. The predicted molar refractivity (Wildman–Crippen MR) is 40.3 cm³/mol. The smallest absolute Gasteiger partial charge is 0.452 e. The van der Waals surface area contributed by atoms with Gasteiger partial charge in [0.25, 0.3) is 0 Å². The van der Waals surface area contributed by atoms with E-state index in [1.165, 1.54) is 0 Å². The van der Waals surface area contributed by atoms with E-state index < -0.39 is 17.5 Å². The van der Waals surface area contributed by atoms with Crippen molar-refractivity contribution in [3.63, 3.8) is 0 Å². The average Bonchev–Trinajstić information content (AvgIpc) is 2.04. The number of rotatable bonds is 4. The molecular formula is C7H12O6. The van der Waals surface area contributed by atoms with Crippen molar-refractivity contribution in [3.05, 3.63) is 0 Å². The molecule has 0 radical (unpaired) electrons. The summed E-state index contributed by atoms with van der Waals surface area (Å²) in [5.74, 6) is -3.26. The summed E-state index contributed by atoms with van der Waals surface area (Å²) in [6.45, 7) is 5.23. The largest absolute Gasteiger partial charge is 0.473 e. The number of hydrogen-bond acceptors (Lipinski definition) is 5. The molecule has 0 aromatic heterocycles. The van der Waals surface area contributed by atoms with Gasteiger partial charge in [0.05, 0.1) is 0 Å². The first-order valence-electron chi connectivity index (χ1n) is 3.68. The van der Waals surface area contributed by atoms with E-state index in [1.54, 1.807) is 13.8 Å². The number of hydrogen-bond donors (Lipinski definition) is 1. The van der Waals surface area contributed by atoms with Crippen molar-refractivity contribution in [2.24, 2.45) is 0 Å². The monoisotopic (exact) mass is 192 g/mol. The maximum atomic E-state index is 10.3. The van der Waals surface area contributed by atoms with Gasteiger partial charge in [0.2, 0.25) is 0 Å². The van der Waals surface area contributed by atoms with Crippen molar-refractivity contribution in [2.45, 2.75) is 32.8 Å². The molecule has 1 N–H and O–H groups in total. The van der Waals surface area contributed by atoms with Gasteiger partial charge in [0.1, 0.15) is 5.60 Å². The molecule has 6 heteroatoms. The molecule has 0 unspecified atom stereocenters. The molecule has 0 bridgehead atoms. The number of aliphatic carboxylic acids is 1. The number of carbonyl (C=O) groups is 2. The Labute approximate surface area is 75.2 Å². The topological polar surface area (TPSA) is 82.1 Å². The minimum atomic E-state index is -1.74. The van der Waals surface area contributed by atoms with E-state index in [0.29, 0.717) is 6.42 Å². The zero-order valence-corrected chi connectivity index (χ0v) is 7.70. The second-order valence-electron chi connectivity index (χ2n) is 2.94. The molecule has 0 aliphatic rings. The van der Waals surface area contributed by atoms with Crippen molar-refractivity contribution >= 4 is 11.9 Å². The van der Waals surface area contributed by atoms with Crippen molar-refractivity contribution < 1.29 is 29.5 Å². The summed E-state index contributed by atoms with van der Waals surface area (Å²) in [4.78, 5) is 28.6. The molecule has 0 aliphatic heterocycles. The summed E-state index contributed by atoms with van der Waals surface area (Å²) >= 11 is 0. The minimum absolute atomic E-state index is 0.623. The van der Waals surface area contributed by atoms with Crippen LogP contribution in [-0.2, 0) is 24.4 Å². The predicted octanol–water partition coefficient (Wildman–Crippen LogP) is 0.666. The van der Waals surface area contributed by atoms with Gasteiger partial charge in [-0.2, -0.15) is 4.89 Å². The molecule has 0 amide bonds. The van der Waals surface area contributed by atoms with Crippen LogP contribution in [0, 0.1) is 0 Å². The highest BCUT2D eigenvalue weighted by Gasteiger charge is 2.20. The van der Waals surface area contributed by atoms with Gasteiger partial charge >= 0.3 is 11.9 Å². The van der Waals surface area contributed by atoms with Crippen LogP contribution in [0.3, 0.4) is 0 Å². The van der Waals surface area contributed by atoms with Crippen LogP contribution in [0.5, 0.6) is 0 Å². The van der Waals surface area contributed by atoms with Gasteiger partial charge in [0.15, 0.2) is 0 Å². The normalized spacial score (nSPS) is 11.0. The highest BCUT2D eigenvalue weighted by atomic mass is 17.5. The van der Waals surface area contributed by atoms with Gasteiger partial charge in [-0.25, -0.2) is 9.59 Å². The first kappa shape index (κ1) is 11.9. The molecule has 0 saturated heterocycles. The summed E-state index contributed by atoms with van der Waals surface area (Å²) in [5.41, 5.74) is -0.626. The molecule has 0 spiro atoms. The third-order valence-corrected chi connectivity index (χ3v) is 1.40. The van der Waals surface area contributed by atoms with Crippen molar-refractivity contribution in [2.75, 3.05) is 0 Å². The van der Waals surface area contributed by atoms with Crippen molar-refractivity contribution in [1.29, 1.82) is 0 Å². The Morgan fingerprint density at radius 2 is 1.92 bits per heavy atom. The third kappa shape index (κ3) is 5.15. The minimum Gasteiger partial charge on any atom is -0.473 e. The molecule has 0 heterocycles. The lowest BCUT2D eigenvalue weighted by Gasteiger charge is -2.18. The fourth-order valence-electron chi connectivity index (χ4n) is 0.235. The zero-order chi connectivity index (χ0) is 10.5. The standard InChI is InChI=1S/C7H12O6/c1-4-7(2,3)12-13-11-6(10)5(8)9/h4H2,1-3H3,(H,8,9). The number of carbonyl (C=O) groups excluding carboxylic acids is 1. The second kappa shape index (κ2) is 4.78. The second-order valence-corrected chi connectivity index (χ2v) is 2.94.